The molecular formula is C27H31Cl2NO4. The van der Waals surface area contributed by atoms with E-state index in [-0.39, 0.29) is 24.5 Å². The molecule has 5 nitrogen and oxygen atoms in total. The molecule has 0 aliphatic heterocycles. The number of aromatic nitrogens is 1. The number of carboxylic acids is 1. The topological polar surface area (TPSA) is 79.5 Å². The van der Waals surface area contributed by atoms with E-state index in [2.05, 4.69) is 6.07 Å². The zero-order chi connectivity index (χ0) is 24.8. The molecule has 2 atom stereocenters. The Balaban J connectivity index is 1.74. The minimum absolute atomic E-state index is 0.0816. The number of carboxylic acid groups (broad SMARTS) is 1. The number of halogens is 2. The number of benzene rings is 2. The lowest BCUT2D eigenvalue weighted by atomic mass is 9.93. The van der Waals surface area contributed by atoms with Crippen molar-refractivity contribution in [2.75, 3.05) is 0 Å². The molecular weight excluding hydrogens is 473 g/mol. The summed E-state index contributed by atoms with van der Waals surface area (Å²) in [6.07, 6.45) is 3.39. The summed E-state index contributed by atoms with van der Waals surface area (Å²) in [6.45, 7) is 1.75. The van der Waals surface area contributed by atoms with E-state index in [0.29, 0.717) is 28.1 Å². The van der Waals surface area contributed by atoms with E-state index < -0.39 is 12.1 Å². The smallest absolute Gasteiger partial charge is 0.303 e. The van der Waals surface area contributed by atoms with Gasteiger partial charge >= 0.3 is 5.97 Å². The van der Waals surface area contributed by atoms with Gasteiger partial charge in [-0.05, 0) is 61.1 Å². The van der Waals surface area contributed by atoms with Crippen molar-refractivity contribution in [1.82, 2.24) is 4.57 Å². The first-order valence-electron chi connectivity index (χ1n) is 11.6. The van der Waals surface area contributed by atoms with E-state index >= 15 is 0 Å². The fourth-order valence-electron chi connectivity index (χ4n) is 4.58. The number of fused-ring (bicyclic) bond motifs is 1. The molecule has 34 heavy (non-hydrogen) atoms. The van der Waals surface area contributed by atoms with Crippen LogP contribution in [0.5, 0.6) is 0 Å². The average Bonchev–Trinajstić information content (AvgIpc) is 3.04. The molecule has 0 fully saturated rings. The van der Waals surface area contributed by atoms with Gasteiger partial charge in [0.15, 0.2) is 5.78 Å². The van der Waals surface area contributed by atoms with Crippen LogP contribution in [0.4, 0.5) is 0 Å². The molecule has 2 aromatic carbocycles. The normalized spacial score (nSPS) is 13.2. The minimum atomic E-state index is -0.931. The van der Waals surface area contributed by atoms with Crippen LogP contribution >= 0.6 is 23.2 Å². The van der Waals surface area contributed by atoms with Crippen molar-refractivity contribution in [2.45, 2.75) is 58.0 Å². The Bertz CT molecular complexity index is 1170. The van der Waals surface area contributed by atoms with Gasteiger partial charge in [0.2, 0.25) is 0 Å². The van der Waals surface area contributed by atoms with Gasteiger partial charge in [-0.1, -0.05) is 55.1 Å². The number of aliphatic hydroxyl groups excluding tert-OH is 1. The van der Waals surface area contributed by atoms with Gasteiger partial charge in [-0.25, -0.2) is 0 Å². The number of Topliss-reactive ketones (excluding diaryl/α,β-unsaturated/α-hetero) is 1. The second-order valence-electron chi connectivity index (χ2n) is 9.06. The predicted octanol–water partition coefficient (Wildman–Crippen LogP) is 7.01. The van der Waals surface area contributed by atoms with E-state index in [1.807, 2.05) is 35.9 Å². The van der Waals surface area contributed by atoms with Crippen molar-refractivity contribution in [3.05, 3.63) is 69.3 Å². The summed E-state index contributed by atoms with van der Waals surface area (Å²) >= 11 is 12.3. The molecule has 7 heteroatoms. The second-order valence-corrected chi connectivity index (χ2v) is 9.93. The van der Waals surface area contributed by atoms with Crippen molar-refractivity contribution in [3.8, 4) is 0 Å². The third kappa shape index (κ3) is 6.62. The molecule has 0 bridgehead atoms. The van der Waals surface area contributed by atoms with Crippen LogP contribution in [0.1, 0.15) is 73.2 Å². The molecule has 0 saturated carbocycles. The van der Waals surface area contributed by atoms with Crippen molar-refractivity contribution >= 4 is 45.9 Å². The maximum atomic E-state index is 13.3. The fraction of sp³-hybridized carbons (Fsp3) is 0.407. The SMILES string of the molecule is C[C@@H](CC(=O)O)CC(=O)c1c([C@H](O)CCCCCc2cccc(Cl)c2)n(C)c2ccc(Cl)cc12. The lowest BCUT2D eigenvalue weighted by Gasteiger charge is -2.16. The number of ketones is 1. The van der Waals surface area contributed by atoms with Crippen LogP contribution in [0.2, 0.25) is 10.0 Å². The van der Waals surface area contributed by atoms with Crippen molar-refractivity contribution < 1.29 is 19.8 Å². The van der Waals surface area contributed by atoms with E-state index in [0.717, 1.165) is 36.2 Å². The Kier molecular flexibility index (Phi) is 9.17. The van der Waals surface area contributed by atoms with Crippen LogP contribution in [-0.2, 0) is 18.3 Å². The van der Waals surface area contributed by atoms with Crippen LogP contribution in [0, 0.1) is 5.92 Å². The van der Waals surface area contributed by atoms with Gasteiger partial charge in [0.1, 0.15) is 0 Å². The highest BCUT2D eigenvalue weighted by atomic mass is 35.5. The van der Waals surface area contributed by atoms with Gasteiger partial charge in [0.05, 0.1) is 11.8 Å². The molecule has 3 aromatic rings. The number of hydrogen-bond donors (Lipinski definition) is 2. The lowest BCUT2D eigenvalue weighted by molar-refractivity contribution is -0.137. The maximum absolute atomic E-state index is 13.3. The summed E-state index contributed by atoms with van der Waals surface area (Å²) in [5.41, 5.74) is 3.03. The van der Waals surface area contributed by atoms with Crippen LogP contribution in [-0.4, -0.2) is 26.5 Å². The van der Waals surface area contributed by atoms with Crippen molar-refractivity contribution in [2.24, 2.45) is 13.0 Å². The standard InChI is InChI=1S/C27H31Cl2NO4/c1-17(14-25(33)34)13-24(32)26-21-16-20(29)11-12-22(21)30(2)27(26)23(31)10-5-3-4-7-18-8-6-9-19(28)15-18/h6,8-9,11-12,15-17,23,31H,3-5,7,10,13-14H2,1-2H3,(H,33,34)/t17-,23-/m1/s1. The molecule has 0 aliphatic rings. The number of unbranched alkanes of at least 4 members (excludes halogenated alkanes) is 2. The first kappa shape index (κ1) is 26.3. The van der Waals surface area contributed by atoms with Gasteiger partial charge in [-0.15, -0.1) is 0 Å². The van der Waals surface area contributed by atoms with Crippen molar-refractivity contribution in [3.63, 3.8) is 0 Å². The average molecular weight is 504 g/mol. The minimum Gasteiger partial charge on any atom is -0.481 e. The molecule has 0 aliphatic carbocycles. The van der Waals surface area contributed by atoms with E-state index in [1.54, 1.807) is 19.1 Å². The number of aliphatic hydroxyl groups is 1. The summed E-state index contributed by atoms with van der Waals surface area (Å²) in [5.74, 6) is -1.41. The van der Waals surface area contributed by atoms with Gasteiger partial charge in [0.25, 0.3) is 0 Å². The third-order valence-electron chi connectivity index (χ3n) is 6.19. The fourth-order valence-corrected chi connectivity index (χ4v) is 4.97. The van der Waals surface area contributed by atoms with Gasteiger partial charge < -0.3 is 14.8 Å². The third-order valence-corrected chi connectivity index (χ3v) is 6.66. The van der Waals surface area contributed by atoms with E-state index in [1.165, 1.54) is 5.56 Å². The Hall–Kier alpha value is -2.34. The summed E-state index contributed by atoms with van der Waals surface area (Å²) < 4.78 is 1.86. The maximum Gasteiger partial charge on any atom is 0.303 e. The summed E-state index contributed by atoms with van der Waals surface area (Å²) in [7, 11) is 1.84. The highest BCUT2D eigenvalue weighted by molar-refractivity contribution is 6.31. The molecule has 1 aromatic heterocycles. The second kappa shape index (κ2) is 11.9. The van der Waals surface area contributed by atoms with Crippen LogP contribution in [0.25, 0.3) is 10.9 Å². The van der Waals surface area contributed by atoms with Gasteiger partial charge in [-0.2, -0.15) is 0 Å². The Morgan fingerprint density at radius 3 is 2.44 bits per heavy atom. The molecule has 182 valence electrons. The molecule has 0 saturated heterocycles. The van der Waals surface area contributed by atoms with E-state index in [4.69, 9.17) is 28.3 Å². The van der Waals surface area contributed by atoms with E-state index in [9.17, 15) is 14.7 Å². The Labute approximate surface area is 210 Å². The first-order valence-corrected chi connectivity index (χ1v) is 12.4. The number of hydrogen-bond acceptors (Lipinski definition) is 3. The number of carbonyl (C=O) groups excluding carboxylic acids is 1. The first-order chi connectivity index (χ1) is 16.2. The predicted molar refractivity (Wildman–Crippen MR) is 137 cm³/mol. The Morgan fingerprint density at radius 2 is 1.74 bits per heavy atom. The zero-order valence-electron chi connectivity index (χ0n) is 19.6. The van der Waals surface area contributed by atoms with Crippen molar-refractivity contribution in [1.29, 1.82) is 0 Å². The highest BCUT2D eigenvalue weighted by Crippen LogP contribution is 2.35. The van der Waals surface area contributed by atoms with Gasteiger partial charge in [0, 0.05) is 46.4 Å². The summed E-state index contributed by atoms with van der Waals surface area (Å²) in [6, 6.07) is 13.2. The number of carbonyl (C=O) groups is 2. The van der Waals surface area contributed by atoms with Crippen LogP contribution in [0.3, 0.4) is 0 Å². The quantitative estimate of drug-likeness (QED) is 0.206. The lowest BCUT2D eigenvalue weighted by Crippen LogP contribution is -2.14. The molecule has 1 heterocycles. The summed E-state index contributed by atoms with van der Waals surface area (Å²) in [5, 5.41) is 22.1. The molecule has 0 radical (unpaired) electrons. The zero-order valence-corrected chi connectivity index (χ0v) is 21.1. The highest BCUT2D eigenvalue weighted by Gasteiger charge is 2.27. The van der Waals surface area contributed by atoms with Crippen LogP contribution in [0.15, 0.2) is 42.5 Å². The Morgan fingerprint density at radius 1 is 1.00 bits per heavy atom. The number of nitrogens with zero attached hydrogens (tertiary/aromatic N) is 1. The molecule has 0 unspecified atom stereocenters. The largest absolute Gasteiger partial charge is 0.481 e. The number of aryl methyl sites for hydroxylation is 2. The molecule has 0 spiro atoms. The monoisotopic (exact) mass is 503 g/mol. The number of aliphatic carboxylic acids is 1. The molecule has 2 N–H and O–H groups in total. The van der Waals surface area contributed by atoms with Gasteiger partial charge in [-0.3, -0.25) is 9.59 Å². The molecule has 0 amide bonds. The number of rotatable bonds is 12. The van der Waals surface area contributed by atoms with Crippen LogP contribution < -0.4 is 0 Å². The molecule has 3 rings (SSSR count). The summed E-state index contributed by atoms with van der Waals surface area (Å²) in [4.78, 5) is 24.4.